The van der Waals surface area contributed by atoms with Crippen molar-refractivity contribution < 1.29 is 0 Å². The first-order valence-electron chi connectivity index (χ1n) is 5.37. The molecule has 1 aliphatic rings. The molecule has 1 aromatic rings. The largest absolute Gasteiger partial charge is 0.295 e. The number of rotatable bonds is 3. The lowest BCUT2D eigenvalue weighted by Crippen LogP contribution is -2.26. The zero-order valence-electron chi connectivity index (χ0n) is 8.63. The lowest BCUT2D eigenvalue weighted by atomic mass is 10.1. The van der Waals surface area contributed by atoms with Gasteiger partial charge in [-0.2, -0.15) is 0 Å². The van der Waals surface area contributed by atoms with Crippen molar-refractivity contribution in [2.45, 2.75) is 18.9 Å². The van der Waals surface area contributed by atoms with Crippen LogP contribution >= 0.6 is 27.5 Å². The molecular weight excluding hydrogens is 273 g/mol. The van der Waals surface area contributed by atoms with Gasteiger partial charge in [0.2, 0.25) is 0 Å². The predicted molar refractivity (Wildman–Crippen MR) is 68.4 cm³/mol. The number of halogens is 2. The van der Waals surface area contributed by atoms with Crippen molar-refractivity contribution in [3.05, 3.63) is 34.3 Å². The van der Waals surface area contributed by atoms with E-state index in [0.29, 0.717) is 11.9 Å². The minimum Gasteiger partial charge on any atom is -0.295 e. The van der Waals surface area contributed by atoms with E-state index in [1.54, 1.807) is 0 Å². The van der Waals surface area contributed by atoms with Gasteiger partial charge in [-0.1, -0.05) is 28.1 Å². The van der Waals surface area contributed by atoms with E-state index in [1.165, 1.54) is 31.5 Å². The quantitative estimate of drug-likeness (QED) is 0.764. The summed E-state index contributed by atoms with van der Waals surface area (Å²) in [6.07, 6.45) is 2.61. The molecule has 1 aromatic carbocycles. The van der Waals surface area contributed by atoms with Crippen molar-refractivity contribution in [3.63, 3.8) is 0 Å². The number of nitrogens with zero attached hydrogens (tertiary/aromatic N) is 1. The number of hydrogen-bond acceptors (Lipinski definition) is 1. The average Bonchev–Trinajstić information content (AvgIpc) is 2.72. The molecule has 1 nitrogen and oxygen atoms in total. The van der Waals surface area contributed by atoms with Crippen molar-refractivity contribution in [2.24, 2.45) is 0 Å². The molecule has 2 rings (SSSR count). The van der Waals surface area contributed by atoms with Gasteiger partial charge in [0, 0.05) is 16.4 Å². The van der Waals surface area contributed by atoms with E-state index in [1.807, 2.05) is 0 Å². The van der Waals surface area contributed by atoms with Crippen LogP contribution in [0.25, 0.3) is 0 Å². The first-order chi connectivity index (χ1) is 7.31. The Morgan fingerprint density at radius 3 is 2.67 bits per heavy atom. The standard InChI is InChI=1S/C12H15BrClN/c13-11-5-3-4-10(8-11)12(9-14)15-6-1-2-7-15/h3-5,8,12H,1-2,6-7,9H2. The molecule has 1 atom stereocenters. The van der Waals surface area contributed by atoms with E-state index < -0.39 is 0 Å². The molecule has 1 unspecified atom stereocenters. The molecule has 0 bridgehead atoms. The van der Waals surface area contributed by atoms with Gasteiger partial charge < -0.3 is 0 Å². The summed E-state index contributed by atoms with van der Waals surface area (Å²) >= 11 is 9.58. The molecule has 0 amide bonds. The van der Waals surface area contributed by atoms with Crippen molar-refractivity contribution >= 4 is 27.5 Å². The van der Waals surface area contributed by atoms with Crippen LogP contribution in [0.3, 0.4) is 0 Å². The first-order valence-corrected chi connectivity index (χ1v) is 6.69. The van der Waals surface area contributed by atoms with Crippen molar-refractivity contribution in [1.82, 2.24) is 4.90 Å². The summed E-state index contributed by atoms with van der Waals surface area (Å²) in [6.45, 7) is 2.37. The molecule has 1 aliphatic heterocycles. The van der Waals surface area contributed by atoms with Crippen LogP contribution in [0, 0.1) is 0 Å². The van der Waals surface area contributed by atoms with Gasteiger partial charge in [-0.3, -0.25) is 4.90 Å². The highest BCUT2D eigenvalue weighted by Crippen LogP contribution is 2.27. The van der Waals surface area contributed by atoms with Gasteiger partial charge in [-0.25, -0.2) is 0 Å². The van der Waals surface area contributed by atoms with Crippen LogP contribution in [0.2, 0.25) is 0 Å². The average molecular weight is 289 g/mol. The van der Waals surface area contributed by atoms with E-state index in [4.69, 9.17) is 11.6 Å². The summed E-state index contributed by atoms with van der Waals surface area (Å²) in [6, 6.07) is 8.85. The number of benzene rings is 1. The van der Waals surface area contributed by atoms with Crippen LogP contribution in [-0.4, -0.2) is 23.9 Å². The highest BCUT2D eigenvalue weighted by Gasteiger charge is 2.22. The minimum atomic E-state index is 0.381. The summed E-state index contributed by atoms with van der Waals surface area (Å²) in [7, 11) is 0. The van der Waals surface area contributed by atoms with Crippen LogP contribution in [0.1, 0.15) is 24.4 Å². The monoisotopic (exact) mass is 287 g/mol. The zero-order valence-corrected chi connectivity index (χ0v) is 11.0. The molecule has 1 fully saturated rings. The normalized spacial score (nSPS) is 19.3. The van der Waals surface area contributed by atoms with Crippen LogP contribution in [-0.2, 0) is 0 Å². The Hall–Kier alpha value is -0.0500. The Morgan fingerprint density at radius 1 is 1.33 bits per heavy atom. The third-order valence-corrected chi connectivity index (χ3v) is 3.75. The smallest absolute Gasteiger partial charge is 0.0483 e. The van der Waals surface area contributed by atoms with Gasteiger partial charge in [0.25, 0.3) is 0 Å². The van der Waals surface area contributed by atoms with E-state index >= 15 is 0 Å². The SMILES string of the molecule is ClCC(c1cccc(Br)c1)N1CCCC1. The van der Waals surface area contributed by atoms with Gasteiger partial charge in [0.15, 0.2) is 0 Å². The van der Waals surface area contributed by atoms with Gasteiger partial charge in [0.05, 0.1) is 0 Å². The third-order valence-electron chi connectivity index (χ3n) is 2.96. The summed E-state index contributed by atoms with van der Waals surface area (Å²) in [4.78, 5) is 2.48. The second-order valence-electron chi connectivity index (χ2n) is 3.97. The zero-order chi connectivity index (χ0) is 10.7. The molecule has 0 aliphatic carbocycles. The van der Waals surface area contributed by atoms with E-state index in [2.05, 4.69) is 45.1 Å². The number of alkyl halides is 1. The molecule has 3 heteroatoms. The minimum absolute atomic E-state index is 0.381. The van der Waals surface area contributed by atoms with Crippen molar-refractivity contribution in [1.29, 1.82) is 0 Å². The fourth-order valence-corrected chi connectivity index (χ4v) is 2.95. The molecule has 82 valence electrons. The summed E-state index contributed by atoms with van der Waals surface area (Å²) in [5.74, 6) is 0.677. The highest BCUT2D eigenvalue weighted by molar-refractivity contribution is 9.10. The maximum absolute atomic E-state index is 6.08. The molecular formula is C12H15BrClN. The third kappa shape index (κ3) is 2.74. The molecule has 15 heavy (non-hydrogen) atoms. The second-order valence-corrected chi connectivity index (χ2v) is 5.19. The Labute approximate surface area is 105 Å². The molecule has 0 spiro atoms. The van der Waals surface area contributed by atoms with Gasteiger partial charge >= 0.3 is 0 Å². The van der Waals surface area contributed by atoms with E-state index in [0.717, 1.165) is 4.47 Å². The maximum atomic E-state index is 6.08. The Balaban J connectivity index is 2.18. The lowest BCUT2D eigenvalue weighted by molar-refractivity contribution is 0.266. The van der Waals surface area contributed by atoms with Crippen LogP contribution < -0.4 is 0 Å². The number of hydrogen-bond donors (Lipinski definition) is 0. The molecule has 1 heterocycles. The molecule has 0 radical (unpaired) electrons. The molecule has 0 aromatic heterocycles. The van der Waals surface area contributed by atoms with E-state index in [9.17, 15) is 0 Å². The van der Waals surface area contributed by atoms with Crippen LogP contribution in [0.15, 0.2) is 28.7 Å². The Kier molecular flexibility index (Phi) is 4.06. The van der Waals surface area contributed by atoms with Gasteiger partial charge in [-0.05, 0) is 43.6 Å². The summed E-state index contributed by atoms with van der Waals surface area (Å²) in [5, 5.41) is 0. The second kappa shape index (κ2) is 5.33. The summed E-state index contributed by atoms with van der Waals surface area (Å²) in [5.41, 5.74) is 1.32. The predicted octanol–water partition coefficient (Wildman–Crippen LogP) is 3.82. The Morgan fingerprint density at radius 2 is 2.07 bits per heavy atom. The Bertz CT molecular complexity index is 323. The molecule has 0 N–H and O–H groups in total. The van der Waals surface area contributed by atoms with Gasteiger partial charge in [0.1, 0.15) is 0 Å². The topological polar surface area (TPSA) is 3.24 Å². The van der Waals surface area contributed by atoms with Crippen LogP contribution in [0.4, 0.5) is 0 Å². The van der Waals surface area contributed by atoms with E-state index in [-0.39, 0.29) is 0 Å². The van der Waals surface area contributed by atoms with Gasteiger partial charge in [-0.15, -0.1) is 11.6 Å². The fraction of sp³-hybridized carbons (Fsp3) is 0.500. The lowest BCUT2D eigenvalue weighted by Gasteiger charge is -2.26. The maximum Gasteiger partial charge on any atom is 0.0483 e. The van der Waals surface area contributed by atoms with Crippen molar-refractivity contribution in [2.75, 3.05) is 19.0 Å². The molecule has 0 saturated carbocycles. The highest BCUT2D eigenvalue weighted by atomic mass is 79.9. The number of likely N-dealkylation sites (tertiary alicyclic amines) is 1. The van der Waals surface area contributed by atoms with Crippen molar-refractivity contribution in [3.8, 4) is 0 Å². The van der Waals surface area contributed by atoms with Crippen LogP contribution in [0.5, 0.6) is 0 Å². The summed E-state index contributed by atoms with van der Waals surface area (Å²) < 4.78 is 1.13. The molecule has 1 saturated heterocycles. The first kappa shape index (κ1) is 11.4. The fourth-order valence-electron chi connectivity index (χ4n) is 2.16.